The number of rotatable bonds is 5. The number of amides is 3. The van der Waals surface area contributed by atoms with Crippen LogP contribution in [0.4, 0.5) is 26.4 Å². The van der Waals surface area contributed by atoms with E-state index in [1.807, 2.05) is 42.3 Å². The van der Waals surface area contributed by atoms with Gasteiger partial charge in [-0.15, -0.1) is 13.2 Å². The second-order valence-electron chi connectivity index (χ2n) is 10.3. The Labute approximate surface area is 268 Å². The Balaban J connectivity index is 0.00000157. The first-order valence-corrected chi connectivity index (χ1v) is 14.3. The fraction of sp³-hybridized carbons (Fsp3) is 0.147. The summed E-state index contributed by atoms with van der Waals surface area (Å²) in [7, 11) is 2.03. The lowest BCUT2D eigenvalue weighted by molar-refractivity contribution is 0.0664. The molecule has 11 nitrogen and oxygen atoms in total. The van der Waals surface area contributed by atoms with Gasteiger partial charge in [-0.2, -0.15) is 0 Å². The third-order valence-corrected chi connectivity index (χ3v) is 7.40. The molecule has 0 spiro atoms. The molecule has 0 aliphatic carbocycles. The highest BCUT2D eigenvalue weighted by atomic mass is 19.1. The van der Waals surface area contributed by atoms with Gasteiger partial charge in [-0.25, -0.2) is 19.2 Å². The number of benzene rings is 3. The van der Waals surface area contributed by atoms with Gasteiger partial charge >= 0.3 is 6.03 Å². The minimum atomic E-state index is -0.659. The number of hydrogen-bond donors (Lipinski definition) is 3. The number of halogens is 1. The molecule has 0 atom stereocenters. The molecule has 1 aliphatic heterocycles. The molecule has 0 saturated carbocycles. The maximum atomic E-state index is 15.1. The van der Waals surface area contributed by atoms with Crippen molar-refractivity contribution in [1.82, 2.24) is 24.8 Å². The van der Waals surface area contributed by atoms with Crippen molar-refractivity contribution in [3.05, 3.63) is 110 Å². The third-order valence-electron chi connectivity index (χ3n) is 7.40. The van der Waals surface area contributed by atoms with Crippen LogP contribution < -0.4 is 16.4 Å². The molecule has 2 aromatic heterocycles. The predicted octanol–water partition coefficient (Wildman–Crippen LogP) is 5.58. The molecule has 3 heterocycles. The van der Waals surface area contributed by atoms with Crippen molar-refractivity contribution in [1.29, 1.82) is 0 Å². The van der Waals surface area contributed by atoms with Crippen LogP contribution in [0.1, 0.15) is 13.2 Å². The van der Waals surface area contributed by atoms with E-state index in [0.717, 1.165) is 24.2 Å². The molecule has 0 bridgehead atoms. The summed E-state index contributed by atoms with van der Waals surface area (Å²) in [5.41, 5.74) is 10.2. The van der Waals surface area contributed by atoms with E-state index in [4.69, 9.17) is 5.73 Å². The van der Waals surface area contributed by atoms with E-state index in [-0.39, 0.29) is 31.6 Å². The highest BCUT2D eigenvalue weighted by molar-refractivity contribution is 6.01. The quantitative estimate of drug-likeness (QED) is 0.215. The normalized spacial score (nSPS) is 12.8. The molecular weight excluding hydrogens is 587 g/mol. The van der Waals surface area contributed by atoms with Crippen LogP contribution in [0.15, 0.2) is 98.3 Å². The van der Waals surface area contributed by atoms with Crippen LogP contribution in [-0.4, -0.2) is 75.4 Å². The van der Waals surface area contributed by atoms with Crippen molar-refractivity contribution in [2.24, 2.45) is 0 Å². The second kappa shape index (κ2) is 14.8. The number of nitrogens with zero attached hydrogens (tertiary/aromatic N) is 5. The number of hydrogen-bond acceptors (Lipinski definition) is 7. The third kappa shape index (κ3) is 7.49. The van der Waals surface area contributed by atoms with Crippen LogP contribution in [0.2, 0.25) is 0 Å². The van der Waals surface area contributed by atoms with Crippen LogP contribution in [0.5, 0.6) is 0 Å². The Morgan fingerprint density at radius 2 is 1.52 bits per heavy atom. The lowest BCUT2D eigenvalue weighted by Crippen LogP contribution is -2.47. The number of urea groups is 1. The first-order valence-electron chi connectivity index (χ1n) is 14.3. The lowest BCUT2D eigenvalue weighted by atomic mass is 10.0. The zero-order valence-corrected chi connectivity index (χ0v) is 25.3. The Kier molecular flexibility index (Phi) is 10.7. The zero-order chi connectivity index (χ0) is 31.9. The summed E-state index contributed by atoms with van der Waals surface area (Å²) in [6.45, 7) is 9.02. The Bertz CT molecular complexity index is 1840. The fourth-order valence-corrected chi connectivity index (χ4v) is 4.94. The molecule has 6 N–H and O–H groups in total. The molecule has 3 aromatic carbocycles. The molecule has 1 saturated heterocycles. The average Bonchev–Trinajstić information content (AvgIpc) is 3.07. The van der Waals surface area contributed by atoms with E-state index in [1.165, 1.54) is 12.1 Å². The zero-order valence-electron chi connectivity index (χ0n) is 25.3. The van der Waals surface area contributed by atoms with E-state index in [9.17, 15) is 9.59 Å². The van der Waals surface area contributed by atoms with E-state index in [0.29, 0.717) is 40.8 Å². The van der Waals surface area contributed by atoms with Gasteiger partial charge in [0, 0.05) is 63.6 Å². The predicted molar refractivity (Wildman–Crippen MR) is 184 cm³/mol. The molecule has 1 fully saturated rings. The van der Waals surface area contributed by atoms with Gasteiger partial charge in [0.2, 0.25) is 0 Å². The van der Waals surface area contributed by atoms with E-state index in [1.54, 1.807) is 42.7 Å². The van der Waals surface area contributed by atoms with Crippen molar-refractivity contribution < 1.29 is 22.3 Å². The largest absolute Gasteiger partial charge is 0.412 e. The molecule has 3 amide bonds. The number of aromatic nitrogens is 3. The van der Waals surface area contributed by atoms with Gasteiger partial charge in [0.25, 0.3) is 5.91 Å². The number of carbonyl (C=O) groups is 2. The number of nitrogen functional groups attached to an aromatic ring is 1. The first-order chi connectivity index (χ1) is 21.8. The maximum absolute atomic E-state index is 15.1. The minimum absolute atomic E-state index is 0. The summed E-state index contributed by atoms with van der Waals surface area (Å²) in [4.78, 5) is 42.4. The van der Waals surface area contributed by atoms with Crippen LogP contribution in [-0.2, 0) is 0 Å². The topological polar surface area (TPSA) is 161 Å². The molecule has 0 unspecified atom stereocenters. The average molecular weight is 627 g/mol. The van der Waals surface area contributed by atoms with Crippen molar-refractivity contribution in [2.75, 3.05) is 49.6 Å². The first kappa shape index (κ1) is 33.2. The lowest BCUT2D eigenvalue weighted by Gasteiger charge is -2.32. The summed E-state index contributed by atoms with van der Waals surface area (Å²) in [6.07, 6.45) is 3.43. The van der Waals surface area contributed by atoms with Gasteiger partial charge in [-0.1, -0.05) is 6.07 Å². The van der Waals surface area contributed by atoms with E-state index < -0.39 is 11.8 Å². The SMILES string of the molecule is C=C.CN1CCN(C(=O)c2ccc(NC(=O)Nc3ccc(-c4nc(N)c5ccc(-c6ccncc6)cc5n4)cc3F)cc2)CC1.O.[HH].[HH]. The van der Waals surface area contributed by atoms with Gasteiger partial charge in [0.05, 0.1) is 11.2 Å². The van der Waals surface area contributed by atoms with Gasteiger partial charge < -0.3 is 31.6 Å². The van der Waals surface area contributed by atoms with Crippen molar-refractivity contribution >= 4 is 40.0 Å². The van der Waals surface area contributed by atoms with E-state index >= 15 is 4.39 Å². The molecular formula is C34H39FN8O3. The molecule has 46 heavy (non-hydrogen) atoms. The number of carbonyl (C=O) groups excluding carboxylic acids is 2. The highest BCUT2D eigenvalue weighted by Crippen LogP contribution is 2.29. The monoisotopic (exact) mass is 626 g/mol. The van der Waals surface area contributed by atoms with Crippen molar-refractivity contribution in [3.63, 3.8) is 0 Å². The number of fused-ring (bicyclic) bond motifs is 1. The van der Waals surface area contributed by atoms with Crippen LogP contribution in [0.3, 0.4) is 0 Å². The van der Waals surface area contributed by atoms with Crippen LogP contribution in [0.25, 0.3) is 33.4 Å². The number of pyridine rings is 1. The molecule has 12 heteroatoms. The fourth-order valence-electron chi connectivity index (χ4n) is 4.94. The van der Waals surface area contributed by atoms with Crippen molar-refractivity contribution in [3.8, 4) is 22.5 Å². The van der Waals surface area contributed by atoms with Gasteiger partial charge in [-0.3, -0.25) is 9.78 Å². The van der Waals surface area contributed by atoms with Crippen molar-refractivity contribution in [2.45, 2.75) is 0 Å². The van der Waals surface area contributed by atoms with E-state index in [2.05, 4.69) is 43.6 Å². The number of nitrogens with two attached hydrogens (primary N) is 1. The number of anilines is 3. The van der Waals surface area contributed by atoms with Crippen LogP contribution >= 0.6 is 0 Å². The highest BCUT2D eigenvalue weighted by Gasteiger charge is 2.20. The Morgan fingerprint density at radius 3 is 2.20 bits per heavy atom. The van der Waals surface area contributed by atoms with Gasteiger partial charge in [0.1, 0.15) is 11.6 Å². The summed E-state index contributed by atoms with van der Waals surface area (Å²) < 4.78 is 15.1. The number of likely N-dealkylation sites (N-methyl/N-ethyl adjacent to an activating group) is 1. The minimum Gasteiger partial charge on any atom is -0.412 e. The number of nitrogens with one attached hydrogen (secondary N) is 2. The smallest absolute Gasteiger partial charge is 0.323 e. The maximum Gasteiger partial charge on any atom is 0.323 e. The van der Waals surface area contributed by atoms with Gasteiger partial charge in [0.15, 0.2) is 5.82 Å². The second-order valence-corrected chi connectivity index (χ2v) is 10.3. The van der Waals surface area contributed by atoms with Crippen LogP contribution in [0, 0.1) is 5.82 Å². The molecule has 6 rings (SSSR count). The van der Waals surface area contributed by atoms with Gasteiger partial charge in [-0.05, 0) is 84.9 Å². The summed E-state index contributed by atoms with van der Waals surface area (Å²) in [5.74, 6) is -0.163. The molecule has 1 aliphatic rings. The summed E-state index contributed by atoms with van der Waals surface area (Å²) in [5, 5.41) is 5.88. The Hall–Kier alpha value is -5.72. The molecule has 0 radical (unpaired) electrons. The Morgan fingerprint density at radius 1 is 0.848 bits per heavy atom. The summed E-state index contributed by atoms with van der Waals surface area (Å²) in [6, 6.07) is 19.8. The molecule has 240 valence electrons. The standard InChI is InChI=1S/C32H29FN8O2.C2H4.H2O.2H2/c1-40-14-16-41(17-15-40)31(42)21-2-6-24(7-3-21)36-32(43)38-27-9-5-23(18-26(27)33)30-37-28-19-22(20-10-12-35-13-11-20)4-8-25(28)29(34)39-30;1-2;;;/h2-13,18-19H,14-17H2,1H3,(H2,34,37,39)(H2,36,38,43);1-2H2;1H2;2*1H. The number of piperazine rings is 1. The summed E-state index contributed by atoms with van der Waals surface area (Å²) >= 11 is 0. The molecule has 5 aromatic rings.